The quantitative estimate of drug-likeness (QED) is 0.248. The van der Waals surface area contributed by atoms with Crippen molar-refractivity contribution >= 4 is 36.0 Å². The highest BCUT2D eigenvalue weighted by Crippen LogP contribution is 2.34. The Morgan fingerprint density at radius 3 is 2.88 bits per heavy atom. The largest absolute Gasteiger partial charge is 0.483 e. The van der Waals surface area contributed by atoms with Crippen molar-refractivity contribution in [3.63, 3.8) is 0 Å². The van der Waals surface area contributed by atoms with E-state index in [0.29, 0.717) is 54.1 Å². The standard InChI is InChI=1S/C26H28N6O6.CH2O2/c1-28-23(33)13-36-20-3-2-16-8-15(9-18(16)19(20)10-27)11-29-7-6-17-12-32(26(35)38-17)22-5-4-21-25(30-22)31-24(34)14-37-21;2-1-3/h2-5,15,17,29H,6-9,11-14H2,1H3,(H,28,33)(H,30,31,34);1H,(H,2,3). The van der Waals surface area contributed by atoms with Gasteiger partial charge in [-0.25, -0.2) is 9.78 Å². The number of anilines is 2. The van der Waals surface area contributed by atoms with Gasteiger partial charge in [-0.1, -0.05) is 6.07 Å². The second kappa shape index (κ2) is 13.4. The number of aromatic nitrogens is 1. The zero-order valence-electron chi connectivity index (χ0n) is 22.3. The summed E-state index contributed by atoms with van der Waals surface area (Å²) in [5.41, 5.74) is 2.60. The van der Waals surface area contributed by atoms with Gasteiger partial charge in [-0.15, -0.1) is 0 Å². The zero-order chi connectivity index (χ0) is 29.4. The van der Waals surface area contributed by atoms with Crippen LogP contribution in [0.4, 0.5) is 16.4 Å². The Morgan fingerprint density at radius 1 is 1.32 bits per heavy atom. The number of fused-ring (bicyclic) bond motifs is 2. The molecule has 5 rings (SSSR count). The Morgan fingerprint density at radius 2 is 2.12 bits per heavy atom. The van der Waals surface area contributed by atoms with Crippen LogP contribution < -0.4 is 30.3 Å². The molecule has 2 unspecified atom stereocenters. The monoisotopic (exact) mass is 566 g/mol. The van der Waals surface area contributed by atoms with Gasteiger partial charge < -0.3 is 35.3 Å². The molecule has 4 N–H and O–H groups in total. The summed E-state index contributed by atoms with van der Waals surface area (Å²) >= 11 is 0. The maximum atomic E-state index is 12.4. The number of hydrogen-bond acceptors (Lipinski definition) is 10. The van der Waals surface area contributed by atoms with Gasteiger partial charge in [-0.3, -0.25) is 19.3 Å². The highest BCUT2D eigenvalue weighted by Gasteiger charge is 2.34. The van der Waals surface area contributed by atoms with Gasteiger partial charge in [-0.05, 0) is 67.6 Å². The van der Waals surface area contributed by atoms with Crippen LogP contribution in [0.3, 0.4) is 0 Å². The molecule has 0 radical (unpaired) electrons. The van der Waals surface area contributed by atoms with Crippen molar-refractivity contribution in [1.82, 2.24) is 15.6 Å². The van der Waals surface area contributed by atoms with Crippen LogP contribution in [0, 0.1) is 17.2 Å². The summed E-state index contributed by atoms with van der Waals surface area (Å²) < 4.78 is 16.4. The number of carboxylic acid groups (broad SMARTS) is 1. The van der Waals surface area contributed by atoms with Crippen molar-refractivity contribution in [2.75, 3.05) is 50.1 Å². The average Bonchev–Trinajstić information content (AvgIpc) is 3.56. The van der Waals surface area contributed by atoms with E-state index < -0.39 is 6.09 Å². The van der Waals surface area contributed by atoms with Crippen molar-refractivity contribution in [2.24, 2.45) is 5.92 Å². The van der Waals surface area contributed by atoms with Gasteiger partial charge in [0.05, 0.1) is 12.1 Å². The molecule has 1 aromatic carbocycles. The predicted molar refractivity (Wildman–Crippen MR) is 144 cm³/mol. The second-order valence-electron chi connectivity index (χ2n) is 9.49. The number of pyridine rings is 1. The number of amides is 3. The molecule has 2 atom stereocenters. The number of likely N-dealkylation sites (N-methyl/N-ethyl adjacent to an activating group) is 1. The van der Waals surface area contributed by atoms with Gasteiger partial charge in [0.2, 0.25) is 0 Å². The lowest BCUT2D eigenvalue weighted by atomic mass is 10.0. The minimum Gasteiger partial charge on any atom is -0.483 e. The molecule has 1 fully saturated rings. The highest BCUT2D eigenvalue weighted by atomic mass is 16.6. The van der Waals surface area contributed by atoms with Crippen molar-refractivity contribution < 1.29 is 38.5 Å². The predicted octanol–water partition coefficient (Wildman–Crippen LogP) is 0.830. The van der Waals surface area contributed by atoms with Crippen LogP contribution in [0.5, 0.6) is 11.5 Å². The number of nitriles is 1. The summed E-state index contributed by atoms with van der Waals surface area (Å²) in [7, 11) is 1.54. The summed E-state index contributed by atoms with van der Waals surface area (Å²) in [6.45, 7) is 1.33. The van der Waals surface area contributed by atoms with Gasteiger partial charge >= 0.3 is 6.09 Å². The first-order valence-electron chi connectivity index (χ1n) is 12.9. The Hall–Kier alpha value is -4.90. The first-order valence-corrected chi connectivity index (χ1v) is 12.9. The lowest BCUT2D eigenvalue weighted by Crippen LogP contribution is -2.30. The lowest BCUT2D eigenvalue weighted by Gasteiger charge is -2.19. The van der Waals surface area contributed by atoms with Gasteiger partial charge in [-0.2, -0.15) is 5.26 Å². The third-order valence-corrected chi connectivity index (χ3v) is 6.81. The molecule has 1 aliphatic carbocycles. The Kier molecular flexibility index (Phi) is 9.54. The van der Waals surface area contributed by atoms with E-state index in [4.69, 9.17) is 24.1 Å². The highest BCUT2D eigenvalue weighted by molar-refractivity contribution is 5.95. The molecule has 0 saturated carbocycles. The number of carbonyl (C=O) groups is 4. The number of nitrogens with one attached hydrogen (secondary N) is 3. The molecule has 3 heterocycles. The molecular weight excluding hydrogens is 536 g/mol. The van der Waals surface area contributed by atoms with Crippen LogP contribution in [-0.4, -0.2) is 80.5 Å². The fourth-order valence-corrected chi connectivity index (χ4v) is 4.90. The summed E-state index contributed by atoms with van der Waals surface area (Å²) in [5.74, 6) is 1.36. The summed E-state index contributed by atoms with van der Waals surface area (Å²) in [4.78, 5) is 49.7. The minimum atomic E-state index is -0.477. The first kappa shape index (κ1) is 29.1. The molecule has 0 spiro atoms. The number of carbonyl (C=O) groups excluding carboxylic acids is 3. The maximum Gasteiger partial charge on any atom is 0.415 e. The first-order chi connectivity index (χ1) is 19.9. The molecule has 41 heavy (non-hydrogen) atoms. The van der Waals surface area contributed by atoms with Crippen LogP contribution in [0.15, 0.2) is 24.3 Å². The number of rotatable bonds is 9. The molecule has 14 heteroatoms. The molecule has 2 aliphatic heterocycles. The van der Waals surface area contributed by atoms with Crippen molar-refractivity contribution in [2.45, 2.75) is 25.4 Å². The van der Waals surface area contributed by atoms with Crippen LogP contribution in [0.1, 0.15) is 23.1 Å². The van der Waals surface area contributed by atoms with E-state index >= 15 is 0 Å². The Labute approximate surface area is 235 Å². The van der Waals surface area contributed by atoms with E-state index in [-0.39, 0.29) is 37.6 Å². The molecule has 1 aromatic heterocycles. The Bertz CT molecular complexity index is 1360. The number of cyclic esters (lactones) is 1. The van der Waals surface area contributed by atoms with Crippen molar-refractivity contribution in [3.8, 4) is 17.6 Å². The molecule has 3 amide bonds. The van der Waals surface area contributed by atoms with E-state index in [0.717, 1.165) is 30.5 Å². The van der Waals surface area contributed by atoms with Crippen LogP contribution in [-0.2, 0) is 32.0 Å². The topological polar surface area (TPSA) is 192 Å². The van der Waals surface area contributed by atoms with Gasteiger partial charge in [0, 0.05) is 7.05 Å². The maximum absolute atomic E-state index is 12.4. The molecule has 0 bridgehead atoms. The average molecular weight is 567 g/mol. The van der Waals surface area contributed by atoms with E-state index in [1.807, 2.05) is 6.07 Å². The number of ether oxygens (including phenoxy) is 3. The lowest BCUT2D eigenvalue weighted by molar-refractivity contribution is -0.123. The van der Waals surface area contributed by atoms with Crippen molar-refractivity contribution in [3.05, 3.63) is 41.0 Å². The fourth-order valence-electron chi connectivity index (χ4n) is 4.90. The summed E-state index contributed by atoms with van der Waals surface area (Å²) in [6.07, 6.45) is 1.47. The number of nitrogens with zero attached hydrogens (tertiary/aromatic N) is 3. The van der Waals surface area contributed by atoms with Gasteiger partial charge in [0.25, 0.3) is 18.3 Å². The SMILES string of the molecule is CNC(=O)COc1ccc2c(c1C#N)CC(CNCCC1CN(c3ccc4c(n3)NC(=O)CO4)C(=O)O1)C2.O=CO. The molecule has 2 aromatic rings. The smallest absolute Gasteiger partial charge is 0.415 e. The zero-order valence-corrected chi connectivity index (χ0v) is 22.3. The van der Waals surface area contributed by atoms with Crippen LogP contribution >= 0.6 is 0 Å². The number of hydrogen-bond donors (Lipinski definition) is 4. The van der Waals surface area contributed by atoms with E-state index in [1.54, 1.807) is 18.2 Å². The third-order valence-electron chi connectivity index (χ3n) is 6.81. The van der Waals surface area contributed by atoms with Crippen molar-refractivity contribution in [1.29, 1.82) is 5.26 Å². The normalized spacial score (nSPS) is 18.4. The van der Waals surface area contributed by atoms with Gasteiger partial charge in [0.15, 0.2) is 24.8 Å². The molecular formula is C27H30N6O8. The number of benzene rings is 1. The summed E-state index contributed by atoms with van der Waals surface area (Å²) in [6, 6.07) is 9.31. The molecule has 14 nitrogen and oxygen atoms in total. The molecule has 216 valence electrons. The molecule has 1 saturated heterocycles. The van der Waals surface area contributed by atoms with Crippen LogP contribution in [0.25, 0.3) is 0 Å². The van der Waals surface area contributed by atoms with E-state index in [9.17, 15) is 19.6 Å². The van der Waals surface area contributed by atoms with E-state index in [1.165, 1.54) is 11.9 Å². The second-order valence-corrected chi connectivity index (χ2v) is 9.49. The molecule has 3 aliphatic rings. The van der Waals surface area contributed by atoms with Gasteiger partial charge in [0.1, 0.15) is 23.7 Å². The Balaban J connectivity index is 0.00000124. The van der Waals surface area contributed by atoms with E-state index in [2.05, 4.69) is 27.0 Å². The van der Waals surface area contributed by atoms with Crippen LogP contribution in [0.2, 0.25) is 0 Å². The third kappa shape index (κ3) is 7.00. The summed E-state index contributed by atoms with van der Waals surface area (Å²) in [5, 5.41) is 25.2. The fraction of sp³-hybridized carbons (Fsp3) is 0.407. The minimum absolute atomic E-state index is 0.0597.